The largest absolute Gasteiger partial charge is 0.507 e. The molecule has 0 saturated heterocycles. The maximum absolute atomic E-state index is 12.8. The van der Waals surface area contributed by atoms with E-state index in [0.29, 0.717) is 6.29 Å². The molecule has 0 fully saturated rings. The van der Waals surface area contributed by atoms with Crippen LogP contribution in [-0.4, -0.2) is 35.8 Å². The molecule has 0 unspecified atom stereocenters. The molecule has 26 heavy (non-hydrogen) atoms. The zero-order chi connectivity index (χ0) is 19.0. The first-order chi connectivity index (χ1) is 12.4. The van der Waals surface area contributed by atoms with E-state index >= 15 is 0 Å². The predicted octanol–water partition coefficient (Wildman–Crippen LogP) is 2.41. The van der Waals surface area contributed by atoms with Crippen LogP contribution in [0, 0.1) is 0 Å². The van der Waals surface area contributed by atoms with Crippen LogP contribution in [0.25, 0.3) is 22.3 Å². The molecule has 134 valence electrons. The van der Waals surface area contributed by atoms with Gasteiger partial charge in [-0.1, -0.05) is 6.07 Å². The lowest BCUT2D eigenvalue weighted by Crippen LogP contribution is -2.08. The first kappa shape index (κ1) is 17.2. The number of aldehydes is 1. The number of carbonyl (C=O) groups is 1. The minimum absolute atomic E-state index is 0.0401. The van der Waals surface area contributed by atoms with Crippen molar-refractivity contribution in [2.45, 2.75) is 0 Å². The van der Waals surface area contributed by atoms with Crippen LogP contribution in [0.1, 0.15) is 10.4 Å². The number of rotatable bonds is 4. The molecule has 0 spiro atoms. The molecule has 0 bridgehead atoms. The lowest BCUT2D eigenvalue weighted by molar-refractivity contribution is 0.112. The SMILES string of the molecule is COc1c(O)cc2oc(-c3ccc(C=O)c(O)c3)c(OC)c(=O)c2c1O. The third-order valence-corrected chi connectivity index (χ3v) is 3.88. The molecule has 2 aromatic carbocycles. The average molecular weight is 358 g/mol. The van der Waals surface area contributed by atoms with Gasteiger partial charge in [-0.25, -0.2) is 0 Å². The number of phenolic OH excluding ortho intramolecular Hbond substituents is 3. The Kier molecular flexibility index (Phi) is 4.17. The number of benzene rings is 2. The second-order valence-corrected chi connectivity index (χ2v) is 5.34. The Morgan fingerprint density at radius 2 is 1.69 bits per heavy atom. The Hall–Kier alpha value is -3.68. The summed E-state index contributed by atoms with van der Waals surface area (Å²) in [5, 5.41) is 29.8. The molecular formula is C18H14O8. The second kappa shape index (κ2) is 6.32. The molecule has 0 aliphatic rings. The molecule has 1 aromatic heterocycles. The first-order valence-electron chi connectivity index (χ1n) is 7.35. The van der Waals surface area contributed by atoms with Gasteiger partial charge in [-0.3, -0.25) is 9.59 Å². The van der Waals surface area contributed by atoms with Crippen LogP contribution >= 0.6 is 0 Å². The highest BCUT2D eigenvalue weighted by atomic mass is 16.5. The number of fused-ring (bicyclic) bond motifs is 1. The van der Waals surface area contributed by atoms with Crippen molar-refractivity contribution < 1.29 is 34.0 Å². The number of carbonyl (C=O) groups excluding carboxylic acids is 1. The monoisotopic (exact) mass is 358 g/mol. The van der Waals surface area contributed by atoms with Crippen molar-refractivity contribution in [3.8, 4) is 40.1 Å². The summed E-state index contributed by atoms with van der Waals surface area (Å²) in [6.45, 7) is 0. The molecule has 3 rings (SSSR count). The standard InChI is InChI=1S/C18H14O8/c1-24-17-11(21)6-12-13(14(17)22)15(23)18(25-2)16(26-12)8-3-4-9(7-19)10(20)5-8/h3-7,20-22H,1-2H3. The Labute approximate surface area is 146 Å². The molecule has 0 amide bonds. The quantitative estimate of drug-likeness (QED) is 0.607. The third kappa shape index (κ3) is 2.48. The Morgan fingerprint density at radius 1 is 1.00 bits per heavy atom. The second-order valence-electron chi connectivity index (χ2n) is 5.34. The number of hydrogen-bond acceptors (Lipinski definition) is 8. The van der Waals surface area contributed by atoms with Crippen molar-refractivity contribution in [2.24, 2.45) is 0 Å². The van der Waals surface area contributed by atoms with E-state index in [-0.39, 0.29) is 45.1 Å². The third-order valence-electron chi connectivity index (χ3n) is 3.88. The van der Waals surface area contributed by atoms with Gasteiger partial charge >= 0.3 is 0 Å². The highest BCUT2D eigenvalue weighted by Gasteiger charge is 2.23. The van der Waals surface area contributed by atoms with Crippen molar-refractivity contribution >= 4 is 17.3 Å². The van der Waals surface area contributed by atoms with Gasteiger partial charge in [0.05, 0.1) is 19.8 Å². The van der Waals surface area contributed by atoms with Crippen LogP contribution in [0.2, 0.25) is 0 Å². The molecule has 0 saturated carbocycles. The van der Waals surface area contributed by atoms with E-state index in [2.05, 4.69) is 0 Å². The summed E-state index contributed by atoms with van der Waals surface area (Å²) in [6.07, 6.45) is 0.481. The van der Waals surface area contributed by atoms with Crippen molar-refractivity contribution in [3.05, 3.63) is 40.1 Å². The predicted molar refractivity (Wildman–Crippen MR) is 91.4 cm³/mol. The summed E-state index contributed by atoms with van der Waals surface area (Å²) in [5.41, 5.74) is -0.478. The smallest absolute Gasteiger partial charge is 0.239 e. The number of ether oxygens (including phenoxy) is 2. The van der Waals surface area contributed by atoms with E-state index in [1.54, 1.807) is 0 Å². The van der Waals surface area contributed by atoms with E-state index in [0.717, 1.165) is 6.07 Å². The van der Waals surface area contributed by atoms with Crippen LogP contribution in [0.5, 0.6) is 28.7 Å². The average Bonchev–Trinajstić information content (AvgIpc) is 2.61. The number of methoxy groups -OCH3 is 2. The molecule has 0 radical (unpaired) electrons. The number of hydrogen-bond donors (Lipinski definition) is 3. The molecular weight excluding hydrogens is 344 g/mol. The fourth-order valence-electron chi connectivity index (χ4n) is 2.65. The number of aromatic hydroxyl groups is 3. The lowest BCUT2D eigenvalue weighted by Gasteiger charge is -2.12. The van der Waals surface area contributed by atoms with Gasteiger partial charge in [-0.05, 0) is 12.1 Å². The van der Waals surface area contributed by atoms with Gasteiger partial charge in [0.1, 0.15) is 16.7 Å². The van der Waals surface area contributed by atoms with Crippen LogP contribution < -0.4 is 14.9 Å². The van der Waals surface area contributed by atoms with Crippen molar-refractivity contribution in [1.82, 2.24) is 0 Å². The minimum atomic E-state index is -0.696. The summed E-state index contributed by atoms with van der Waals surface area (Å²) in [7, 11) is 2.47. The molecule has 8 heteroatoms. The Bertz CT molecular complexity index is 1080. The molecule has 3 aromatic rings. The van der Waals surface area contributed by atoms with Crippen molar-refractivity contribution in [1.29, 1.82) is 0 Å². The van der Waals surface area contributed by atoms with E-state index in [9.17, 15) is 24.9 Å². The van der Waals surface area contributed by atoms with Crippen LogP contribution in [0.15, 0.2) is 33.5 Å². The highest BCUT2D eigenvalue weighted by Crippen LogP contribution is 2.43. The van der Waals surface area contributed by atoms with E-state index in [1.807, 2.05) is 0 Å². The van der Waals surface area contributed by atoms with E-state index in [1.165, 1.54) is 32.4 Å². The summed E-state index contributed by atoms with van der Waals surface area (Å²) in [6, 6.07) is 5.17. The van der Waals surface area contributed by atoms with Gasteiger partial charge in [-0.2, -0.15) is 0 Å². The summed E-state index contributed by atoms with van der Waals surface area (Å²) >= 11 is 0. The van der Waals surface area contributed by atoms with Crippen LogP contribution in [0.4, 0.5) is 0 Å². The topological polar surface area (TPSA) is 126 Å². The van der Waals surface area contributed by atoms with E-state index < -0.39 is 16.9 Å². The number of phenols is 3. The molecule has 3 N–H and O–H groups in total. The lowest BCUT2D eigenvalue weighted by atomic mass is 10.1. The summed E-state index contributed by atoms with van der Waals surface area (Å²) in [5.74, 6) is -1.84. The first-order valence-corrected chi connectivity index (χ1v) is 7.35. The fourth-order valence-corrected chi connectivity index (χ4v) is 2.65. The van der Waals surface area contributed by atoms with Crippen LogP contribution in [-0.2, 0) is 0 Å². The molecule has 0 atom stereocenters. The zero-order valence-electron chi connectivity index (χ0n) is 13.8. The van der Waals surface area contributed by atoms with Crippen molar-refractivity contribution in [3.63, 3.8) is 0 Å². The van der Waals surface area contributed by atoms with Gasteiger partial charge in [0, 0.05) is 11.6 Å². The van der Waals surface area contributed by atoms with Crippen molar-refractivity contribution in [2.75, 3.05) is 14.2 Å². The fraction of sp³-hybridized carbons (Fsp3) is 0.111. The Balaban J connectivity index is 2.39. The normalized spacial score (nSPS) is 10.7. The zero-order valence-corrected chi connectivity index (χ0v) is 13.8. The van der Waals surface area contributed by atoms with Gasteiger partial charge in [0.25, 0.3) is 0 Å². The molecule has 1 heterocycles. The van der Waals surface area contributed by atoms with Gasteiger partial charge in [0.15, 0.2) is 23.5 Å². The highest BCUT2D eigenvalue weighted by molar-refractivity contribution is 5.91. The summed E-state index contributed by atoms with van der Waals surface area (Å²) in [4.78, 5) is 23.6. The maximum atomic E-state index is 12.8. The molecule has 0 aliphatic carbocycles. The minimum Gasteiger partial charge on any atom is -0.507 e. The molecule has 0 aliphatic heterocycles. The summed E-state index contributed by atoms with van der Waals surface area (Å²) < 4.78 is 15.6. The van der Waals surface area contributed by atoms with Crippen LogP contribution in [0.3, 0.4) is 0 Å². The van der Waals surface area contributed by atoms with Gasteiger partial charge in [0.2, 0.25) is 16.9 Å². The molecule has 8 nitrogen and oxygen atoms in total. The van der Waals surface area contributed by atoms with Gasteiger partial charge in [-0.15, -0.1) is 0 Å². The maximum Gasteiger partial charge on any atom is 0.239 e. The van der Waals surface area contributed by atoms with Gasteiger partial charge < -0.3 is 29.2 Å². The Morgan fingerprint density at radius 3 is 2.27 bits per heavy atom. The van der Waals surface area contributed by atoms with E-state index in [4.69, 9.17) is 13.9 Å².